The fourth-order valence-corrected chi connectivity index (χ4v) is 6.29. The first-order valence-corrected chi connectivity index (χ1v) is 11.6. The summed E-state index contributed by atoms with van der Waals surface area (Å²) in [6, 6.07) is -0.00420. The molecule has 13 heteroatoms. The minimum Gasteiger partial charge on any atom is -0.492 e. The van der Waals surface area contributed by atoms with Gasteiger partial charge >= 0.3 is 12.1 Å². The largest absolute Gasteiger partial charge is 0.492 e. The van der Waals surface area contributed by atoms with Gasteiger partial charge in [-0.15, -0.1) is 0 Å². The van der Waals surface area contributed by atoms with E-state index in [0.717, 1.165) is 19.6 Å². The van der Waals surface area contributed by atoms with Crippen molar-refractivity contribution >= 4 is 35.7 Å². The summed E-state index contributed by atoms with van der Waals surface area (Å²) in [5, 5.41) is 0. The van der Waals surface area contributed by atoms with Crippen molar-refractivity contribution in [2.24, 2.45) is 10.8 Å². The molecule has 2 saturated heterocycles. The average molecular weight is 514 g/mol. The third kappa shape index (κ3) is 2.73. The number of hydrogen-bond acceptors (Lipinski definition) is 9. The Hall–Kier alpha value is -4.16. The van der Waals surface area contributed by atoms with E-state index in [4.69, 9.17) is 14.2 Å². The lowest BCUT2D eigenvalue weighted by molar-refractivity contribution is -0.170. The second-order valence-corrected chi connectivity index (χ2v) is 9.84. The number of methoxy groups -OCH3 is 1. The summed E-state index contributed by atoms with van der Waals surface area (Å²) < 4.78 is 16.9. The van der Waals surface area contributed by atoms with Crippen LogP contribution < -0.4 is 14.2 Å². The summed E-state index contributed by atoms with van der Waals surface area (Å²) in [6.07, 6.45) is 0.0693. The van der Waals surface area contributed by atoms with E-state index in [-0.39, 0.29) is 36.7 Å². The first-order chi connectivity index (χ1) is 17.3. The van der Waals surface area contributed by atoms with Crippen LogP contribution in [0.5, 0.6) is 17.2 Å². The van der Waals surface area contributed by atoms with Crippen molar-refractivity contribution in [2.45, 2.75) is 25.7 Å². The van der Waals surface area contributed by atoms with E-state index >= 15 is 0 Å². The number of nitrogens with zero attached hydrogens (tertiary/aromatic N) is 4. The van der Waals surface area contributed by atoms with Gasteiger partial charge in [-0.25, -0.2) is 9.59 Å². The second kappa shape index (κ2) is 7.67. The quantitative estimate of drug-likeness (QED) is 0.517. The minimum atomic E-state index is -2.11. The van der Waals surface area contributed by atoms with E-state index in [1.807, 2.05) is 0 Å². The van der Waals surface area contributed by atoms with Crippen molar-refractivity contribution in [3.05, 3.63) is 17.2 Å². The Morgan fingerprint density at radius 1 is 0.838 bits per heavy atom. The molecule has 1 aromatic rings. The van der Waals surface area contributed by atoms with E-state index in [9.17, 15) is 28.8 Å². The molecule has 3 heterocycles. The topological polar surface area (TPSA) is 143 Å². The van der Waals surface area contributed by atoms with Gasteiger partial charge in [0.2, 0.25) is 36.2 Å². The Labute approximate surface area is 211 Å². The highest BCUT2D eigenvalue weighted by Gasteiger charge is 2.71. The molecule has 1 unspecified atom stereocenters. The minimum absolute atomic E-state index is 0.0999. The Balaban J connectivity index is 1.89. The number of rotatable bonds is 2. The maximum absolute atomic E-state index is 14.0. The molecule has 0 radical (unpaired) electrons. The van der Waals surface area contributed by atoms with Gasteiger partial charge < -0.3 is 14.2 Å². The molecule has 0 aromatic heterocycles. The summed E-state index contributed by atoms with van der Waals surface area (Å²) in [7, 11) is 6.30. The van der Waals surface area contributed by atoms with Crippen LogP contribution in [0.3, 0.4) is 0 Å². The highest BCUT2D eigenvalue weighted by atomic mass is 16.7. The zero-order chi connectivity index (χ0) is 27.2. The Bertz CT molecular complexity index is 1270. The predicted molar refractivity (Wildman–Crippen MR) is 123 cm³/mol. The normalized spacial score (nSPS) is 24.3. The summed E-state index contributed by atoms with van der Waals surface area (Å²) >= 11 is 0. The van der Waals surface area contributed by atoms with Crippen LogP contribution in [0.25, 0.3) is 0 Å². The third-order valence-electron chi connectivity index (χ3n) is 8.11. The number of carbonyl (C=O) groups excluding carboxylic acids is 6. The summed E-state index contributed by atoms with van der Waals surface area (Å²) in [4.78, 5) is 84.3. The van der Waals surface area contributed by atoms with Crippen molar-refractivity contribution in [1.82, 2.24) is 19.6 Å². The number of fused-ring (bicyclic) bond motifs is 2. The van der Waals surface area contributed by atoms with Gasteiger partial charge in [0.1, 0.15) is 10.8 Å². The maximum atomic E-state index is 14.0. The van der Waals surface area contributed by atoms with Crippen LogP contribution in [0.4, 0.5) is 9.59 Å². The smallest absolute Gasteiger partial charge is 0.332 e. The van der Waals surface area contributed by atoms with E-state index < -0.39 is 52.4 Å². The lowest BCUT2D eigenvalue weighted by Gasteiger charge is -2.54. The summed E-state index contributed by atoms with van der Waals surface area (Å²) in [5.74, 6) is -4.23. The number of imide groups is 4. The first kappa shape index (κ1) is 24.5. The zero-order valence-corrected chi connectivity index (χ0v) is 21.2. The van der Waals surface area contributed by atoms with Crippen molar-refractivity contribution < 1.29 is 43.0 Å². The second-order valence-electron chi connectivity index (χ2n) is 9.84. The number of ether oxygens (including phenoxy) is 3. The maximum Gasteiger partial charge on any atom is 0.332 e. The van der Waals surface area contributed by atoms with Gasteiger partial charge in [0, 0.05) is 39.7 Å². The number of aryl methyl sites for hydroxylation is 1. The SMILES string of the molecule is COc1c2c(cc3c1C(C1(C)C(=O)N(C)C(=O)N(C)C1=O)C1(CC3)C(=O)N(C)C(=O)N(C)C1=O)OCO2. The number of carbonyl (C=O) groups is 6. The van der Waals surface area contributed by atoms with Gasteiger partial charge in [0.15, 0.2) is 11.5 Å². The number of urea groups is 2. The van der Waals surface area contributed by atoms with E-state index in [1.54, 1.807) is 6.07 Å². The molecule has 4 aliphatic rings. The molecule has 1 aliphatic carbocycles. The van der Waals surface area contributed by atoms with E-state index in [0.29, 0.717) is 11.3 Å². The van der Waals surface area contributed by atoms with Crippen LogP contribution >= 0.6 is 0 Å². The summed E-state index contributed by atoms with van der Waals surface area (Å²) in [5.41, 5.74) is -3.31. The van der Waals surface area contributed by atoms with Gasteiger partial charge in [-0.05, 0) is 31.4 Å². The van der Waals surface area contributed by atoms with Crippen molar-refractivity contribution in [3.63, 3.8) is 0 Å². The highest BCUT2D eigenvalue weighted by molar-refractivity contribution is 6.23. The standard InChI is InChI=1S/C24H26N4O9/c1-23(17(29)25(2)21(33)26(3)18(23)30)16-13-11(9-12-14(15(13)35-6)37-10-36-12)7-8-24(16)19(31)27(4)22(34)28(5)20(24)32/h9,16H,7-8,10H2,1-6H3. The Morgan fingerprint density at radius 3 is 1.86 bits per heavy atom. The lowest BCUT2D eigenvalue weighted by Crippen LogP contribution is -2.72. The third-order valence-corrected chi connectivity index (χ3v) is 8.11. The van der Waals surface area contributed by atoms with Gasteiger partial charge in [-0.2, -0.15) is 0 Å². The lowest BCUT2D eigenvalue weighted by atomic mass is 9.52. The molecule has 196 valence electrons. The fraction of sp³-hybridized carbons (Fsp3) is 0.500. The van der Waals surface area contributed by atoms with Crippen LogP contribution in [-0.2, 0) is 25.6 Å². The molecular weight excluding hydrogens is 488 g/mol. The molecule has 0 bridgehead atoms. The van der Waals surface area contributed by atoms with Gasteiger partial charge in [-0.1, -0.05) is 0 Å². The Kier molecular flexibility index (Phi) is 5.08. The number of amides is 8. The van der Waals surface area contributed by atoms with Crippen LogP contribution in [-0.4, -0.2) is 97.4 Å². The van der Waals surface area contributed by atoms with Crippen LogP contribution in [0.2, 0.25) is 0 Å². The molecule has 5 rings (SSSR count). The molecule has 3 aliphatic heterocycles. The number of benzene rings is 1. The molecule has 0 saturated carbocycles. The molecule has 0 N–H and O–H groups in total. The van der Waals surface area contributed by atoms with Crippen LogP contribution in [0.15, 0.2) is 6.07 Å². The molecule has 1 atom stereocenters. The molecule has 1 aromatic carbocycles. The highest BCUT2D eigenvalue weighted by Crippen LogP contribution is 2.63. The first-order valence-electron chi connectivity index (χ1n) is 11.6. The molecule has 37 heavy (non-hydrogen) atoms. The molecular formula is C24H26N4O9. The molecule has 8 amide bonds. The van der Waals surface area contributed by atoms with Gasteiger partial charge in [0.25, 0.3) is 0 Å². The Morgan fingerprint density at radius 2 is 1.35 bits per heavy atom. The summed E-state index contributed by atoms with van der Waals surface area (Å²) in [6.45, 7) is 1.22. The van der Waals surface area contributed by atoms with E-state index in [2.05, 4.69) is 0 Å². The van der Waals surface area contributed by atoms with Crippen molar-refractivity contribution in [3.8, 4) is 17.2 Å². The predicted octanol–water partition coefficient (Wildman–Crippen LogP) is 0.547. The number of hydrogen-bond donors (Lipinski definition) is 0. The number of barbiturate groups is 2. The molecule has 13 nitrogen and oxygen atoms in total. The monoisotopic (exact) mass is 514 g/mol. The van der Waals surface area contributed by atoms with Gasteiger partial charge in [-0.3, -0.25) is 38.8 Å². The van der Waals surface area contributed by atoms with Crippen molar-refractivity contribution in [2.75, 3.05) is 42.1 Å². The van der Waals surface area contributed by atoms with Crippen LogP contribution in [0, 0.1) is 10.8 Å². The fourth-order valence-electron chi connectivity index (χ4n) is 6.29. The van der Waals surface area contributed by atoms with Crippen LogP contribution in [0.1, 0.15) is 30.4 Å². The van der Waals surface area contributed by atoms with Gasteiger partial charge in [0.05, 0.1) is 7.11 Å². The molecule has 1 spiro atoms. The van der Waals surface area contributed by atoms with E-state index in [1.165, 1.54) is 42.2 Å². The zero-order valence-electron chi connectivity index (χ0n) is 21.2. The molecule has 2 fully saturated rings. The van der Waals surface area contributed by atoms with Crippen molar-refractivity contribution in [1.29, 1.82) is 0 Å². The average Bonchev–Trinajstić information content (AvgIpc) is 3.37.